The molecule has 1 unspecified atom stereocenters. The van der Waals surface area contributed by atoms with E-state index in [-0.39, 0.29) is 15.9 Å². The SMILES string of the molecule is CC(Cc1ccccc1)c1nnc(NC(=O)c2cc(S(N)(=O)=O)ccc2F)s1. The number of primary sulfonamides is 1. The molecule has 1 amide bonds. The number of hydrogen-bond acceptors (Lipinski definition) is 6. The molecule has 1 heterocycles. The summed E-state index contributed by atoms with van der Waals surface area (Å²) < 4.78 is 36.8. The summed E-state index contributed by atoms with van der Waals surface area (Å²) in [6, 6.07) is 12.6. The van der Waals surface area contributed by atoms with Crippen LogP contribution in [-0.2, 0) is 16.4 Å². The number of sulfonamides is 1. The first-order valence-electron chi connectivity index (χ1n) is 8.25. The standard InChI is InChI=1S/C18H17FN4O3S2/c1-11(9-12-5-3-2-4-6-12)17-22-23-18(27-17)21-16(24)14-10-13(28(20,25)26)7-8-15(14)19/h2-8,10-11H,9H2,1H3,(H2,20,25,26)(H,21,23,24). The lowest BCUT2D eigenvalue weighted by molar-refractivity contribution is 0.102. The molecule has 3 N–H and O–H groups in total. The number of rotatable bonds is 6. The molecule has 7 nitrogen and oxygen atoms in total. The molecule has 0 saturated carbocycles. The Hall–Kier alpha value is -2.69. The molecular formula is C18H17FN4O3S2. The first-order chi connectivity index (χ1) is 13.2. The number of carbonyl (C=O) groups is 1. The molecule has 0 spiro atoms. The van der Waals surface area contributed by atoms with E-state index in [9.17, 15) is 17.6 Å². The maximum Gasteiger partial charge on any atom is 0.260 e. The molecule has 28 heavy (non-hydrogen) atoms. The van der Waals surface area contributed by atoms with Crippen molar-refractivity contribution in [3.8, 4) is 0 Å². The van der Waals surface area contributed by atoms with Crippen LogP contribution in [0.15, 0.2) is 53.4 Å². The molecule has 0 radical (unpaired) electrons. The minimum atomic E-state index is -4.06. The van der Waals surface area contributed by atoms with E-state index in [4.69, 9.17) is 5.14 Å². The van der Waals surface area contributed by atoms with Crippen LogP contribution in [0.1, 0.15) is 33.8 Å². The maximum atomic E-state index is 14.0. The fourth-order valence-electron chi connectivity index (χ4n) is 2.56. The molecule has 3 aromatic rings. The normalized spacial score (nSPS) is 12.5. The van der Waals surface area contributed by atoms with E-state index in [2.05, 4.69) is 15.5 Å². The lowest BCUT2D eigenvalue weighted by Crippen LogP contribution is -2.17. The van der Waals surface area contributed by atoms with Crippen molar-refractivity contribution >= 4 is 32.4 Å². The maximum absolute atomic E-state index is 14.0. The highest BCUT2D eigenvalue weighted by Crippen LogP contribution is 2.26. The van der Waals surface area contributed by atoms with Crippen LogP contribution in [0.25, 0.3) is 0 Å². The van der Waals surface area contributed by atoms with Crippen LogP contribution in [0, 0.1) is 5.82 Å². The van der Waals surface area contributed by atoms with Crippen LogP contribution in [0.4, 0.5) is 9.52 Å². The summed E-state index contributed by atoms with van der Waals surface area (Å²) in [5, 5.41) is 16.4. The fraction of sp³-hybridized carbons (Fsp3) is 0.167. The van der Waals surface area contributed by atoms with Gasteiger partial charge in [0.25, 0.3) is 5.91 Å². The van der Waals surface area contributed by atoms with Crippen molar-refractivity contribution in [3.63, 3.8) is 0 Å². The van der Waals surface area contributed by atoms with Crippen molar-refractivity contribution in [2.45, 2.75) is 24.2 Å². The summed E-state index contributed by atoms with van der Waals surface area (Å²) in [6.07, 6.45) is 0.758. The van der Waals surface area contributed by atoms with Gasteiger partial charge in [-0.3, -0.25) is 10.1 Å². The van der Waals surface area contributed by atoms with Crippen LogP contribution in [0.5, 0.6) is 0 Å². The van der Waals surface area contributed by atoms with Crippen LogP contribution in [0.3, 0.4) is 0 Å². The Kier molecular flexibility index (Phi) is 5.82. The summed E-state index contributed by atoms with van der Waals surface area (Å²) in [4.78, 5) is 12.0. The molecule has 0 aliphatic carbocycles. The lowest BCUT2D eigenvalue weighted by atomic mass is 10.0. The van der Waals surface area contributed by atoms with Gasteiger partial charge in [-0.25, -0.2) is 17.9 Å². The van der Waals surface area contributed by atoms with Crippen molar-refractivity contribution in [1.29, 1.82) is 0 Å². The van der Waals surface area contributed by atoms with Crippen LogP contribution in [0.2, 0.25) is 0 Å². The zero-order chi connectivity index (χ0) is 20.3. The molecule has 1 atom stereocenters. The fourth-order valence-corrected chi connectivity index (χ4v) is 3.89. The number of hydrogen-bond donors (Lipinski definition) is 2. The monoisotopic (exact) mass is 420 g/mol. The minimum absolute atomic E-state index is 0.0769. The largest absolute Gasteiger partial charge is 0.296 e. The molecule has 0 saturated heterocycles. The summed E-state index contributed by atoms with van der Waals surface area (Å²) in [5.74, 6) is -1.62. The van der Waals surface area contributed by atoms with Gasteiger partial charge in [-0.2, -0.15) is 0 Å². The second-order valence-electron chi connectivity index (χ2n) is 6.18. The molecule has 0 aliphatic rings. The van der Waals surface area contributed by atoms with Gasteiger partial charge >= 0.3 is 0 Å². The number of nitrogens with one attached hydrogen (secondary N) is 1. The summed E-state index contributed by atoms with van der Waals surface area (Å²) in [7, 11) is -4.06. The smallest absolute Gasteiger partial charge is 0.260 e. The number of amides is 1. The molecule has 10 heteroatoms. The van der Waals surface area contributed by atoms with E-state index in [0.29, 0.717) is 0 Å². The van der Waals surface area contributed by atoms with E-state index in [0.717, 1.165) is 35.2 Å². The van der Waals surface area contributed by atoms with Crippen LogP contribution in [-0.4, -0.2) is 24.5 Å². The number of benzene rings is 2. The van der Waals surface area contributed by atoms with Crippen molar-refractivity contribution in [2.24, 2.45) is 5.14 Å². The quantitative estimate of drug-likeness (QED) is 0.636. The van der Waals surface area contributed by atoms with Gasteiger partial charge in [0.05, 0.1) is 10.5 Å². The van der Waals surface area contributed by atoms with Crippen molar-refractivity contribution in [1.82, 2.24) is 10.2 Å². The zero-order valence-corrected chi connectivity index (χ0v) is 16.4. The predicted octanol–water partition coefficient (Wildman–Crippen LogP) is 2.92. The summed E-state index contributed by atoms with van der Waals surface area (Å²) >= 11 is 1.18. The van der Waals surface area contributed by atoms with E-state index >= 15 is 0 Å². The first-order valence-corrected chi connectivity index (χ1v) is 10.6. The summed E-state index contributed by atoms with van der Waals surface area (Å²) in [6.45, 7) is 1.99. The van der Waals surface area contributed by atoms with Gasteiger partial charge in [-0.1, -0.05) is 48.6 Å². The summed E-state index contributed by atoms with van der Waals surface area (Å²) in [5.41, 5.74) is 0.707. The average Bonchev–Trinajstić information content (AvgIpc) is 3.10. The zero-order valence-electron chi connectivity index (χ0n) is 14.8. The number of nitrogens with two attached hydrogens (primary N) is 1. The second kappa shape index (κ2) is 8.13. The van der Waals surface area contributed by atoms with E-state index in [1.54, 1.807) is 0 Å². The van der Waals surface area contributed by atoms with E-state index < -0.39 is 27.3 Å². The highest BCUT2D eigenvalue weighted by atomic mass is 32.2. The topological polar surface area (TPSA) is 115 Å². The first kappa shape index (κ1) is 20.1. The van der Waals surface area contributed by atoms with Crippen molar-refractivity contribution in [2.75, 3.05) is 5.32 Å². The molecule has 0 bridgehead atoms. The van der Waals surface area contributed by atoms with Gasteiger partial charge in [0.1, 0.15) is 10.8 Å². The Bertz CT molecular complexity index is 1100. The van der Waals surface area contributed by atoms with E-state index in [1.165, 1.54) is 11.3 Å². The second-order valence-corrected chi connectivity index (χ2v) is 8.75. The highest BCUT2D eigenvalue weighted by molar-refractivity contribution is 7.89. The number of aromatic nitrogens is 2. The van der Waals surface area contributed by atoms with Crippen molar-refractivity contribution < 1.29 is 17.6 Å². The molecule has 146 valence electrons. The van der Waals surface area contributed by atoms with Crippen LogP contribution < -0.4 is 10.5 Å². The van der Waals surface area contributed by atoms with Gasteiger partial charge in [-0.05, 0) is 30.2 Å². The lowest BCUT2D eigenvalue weighted by Gasteiger charge is -2.07. The van der Waals surface area contributed by atoms with Gasteiger partial charge < -0.3 is 0 Å². The third kappa shape index (κ3) is 4.77. The third-order valence-electron chi connectivity index (χ3n) is 3.98. The Morgan fingerprint density at radius 3 is 2.61 bits per heavy atom. The Morgan fingerprint density at radius 1 is 1.21 bits per heavy atom. The van der Waals surface area contributed by atoms with Gasteiger partial charge in [0, 0.05) is 5.92 Å². The van der Waals surface area contributed by atoms with E-state index in [1.807, 2.05) is 37.3 Å². The van der Waals surface area contributed by atoms with Crippen LogP contribution >= 0.6 is 11.3 Å². The third-order valence-corrected chi connectivity index (χ3v) is 5.96. The minimum Gasteiger partial charge on any atom is -0.296 e. The number of carbonyl (C=O) groups excluding carboxylic acids is 1. The molecule has 0 fully saturated rings. The Morgan fingerprint density at radius 2 is 1.93 bits per heavy atom. The van der Waals surface area contributed by atoms with Gasteiger partial charge in [-0.15, -0.1) is 10.2 Å². The average molecular weight is 420 g/mol. The molecule has 1 aromatic heterocycles. The molecule has 3 rings (SSSR count). The highest BCUT2D eigenvalue weighted by Gasteiger charge is 2.19. The Balaban J connectivity index is 1.74. The van der Waals surface area contributed by atoms with Gasteiger partial charge in [0.15, 0.2) is 0 Å². The number of anilines is 1. The number of nitrogens with zero attached hydrogens (tertiary/aromatic N) is 2. The predicted molar refractivity (Wildman–Crippen MR) is 104 cm³/mol. The molecule has 0 aliphatic heterocycles. The molecular weight excluding hydrogens is 403 g/mol. The number of halogens is 1. The molecule has 2 aromatic carbocycles. The van der Waals surface area contributed by atoms with Gasteiger partial charge in [0.2, 0.25) is 15.2 Å². The van der Waals surface area contributed by atoms with Crippen molar-refractivity contribution in [3.05, 3.63) is 70.5 Å². The Labute approximate surface area is 165 Å².